The van der Waals surface area contributed by atoms with Gasteiger partial charge in [-0.2, -0.15) is 0 Å². The number of benzene rings is 1. The number of aromatic nitrogens is 2. The molecule has 3 N–H and O–H groups in total. The van der Waals surface area contributed by atoms with Gasteiger partial charge in [-0.05, 0) is 57.0 Å². The Labute approximate surface area is 179 Å². The second-order valence-electron chi connectivity index (χ2n) is 7.56. The smallest absolute Gasteiger partial charge is 0.218 e. The van der Waals surface area contributed by atoms with Crippen LogP contribution in [0.3, 0.4) is 0 Å². The van der Waals surface area contributed by atoms with Crippen LogP contribution in [0.25, 0.3) is 10.9 Å². The monoisotopic (exact) mass is 461 g/mol. The number of nitrogens with one attached hydrogen (secondary N) is 1. The van der Waals surface area contributed by atoms with E-state index in [-0.39, 0.29) is 6.61 Å². The predicted molar refractivity (Wildman–Crippen MR) is 118 cm³/mol. The molecule has 1 atom stereocenters. The Kier molecular flexibility index (Phi) is 6.63. The van der Waals surface area contributed by atoms with Gasteiger partial charge in [-0.1, -0.05) is 15.9 Å². The largest absolute Gasteiger partial charge is 0.481 e. The van der Waals surface area contributed by atoms with E-state index >= 15 is 0 Å². The molecule has 0 saturated carbocycles. The minimum atomic E-state index is -0.863. The molecule has 1 aromatic carbocycles. The first-order valence-corrected chi connectivity index (χ1v) is 10.4. The summed E-state index contributed by atoms with van der Waals surface area (Å²) in [6.07, 6.45) is 1.27. The average molecular weight is 462 g/mol. The third kappa shape index (κ3) is 4.33. The zero-order valence-corrected chi connectivity index (χ0v) is 19.0. The van der Waals surface area contributed by atoms with Crippen molar-refractivity contribution in [2.24, 2.45) is 0 Å². The minimum absolute atomic E-state index is 0.143. The zero-order chi connectivity index (χ0) is 21.3. The standard InChI is InChI=1S/C22H28BrN3O3/c1-12(2)26-10-14(4)20-17(7-15(23)8-19(20)26)21(28)24-9-18-13(3)6-16(11-27)25-22(18)29-5/h6-8,10,12,21,24,27-28H,9,11H2,1-5H3. The number of aliphatic hydroxyl groups excluding tert-OH is 2. The fourth-order valence-electron chi connectivity index (χ4n) is 3.74. The lowest BCUT2D eigenvalue weighted by Gasteiger charge is -2.18. The van der Waals surface area contributed by atoms with Gasteiger partial charge in [-0.15, -0.1) is 0 Å². The fourth-order valence-corrected chi connectivity index (χ4v) is 4.20. The van der Waals surface area contributed by atoms with Crippen molar-refractivity contribution in [3.8, 4) is 5.88 Å². The summed E-state index contributed by atoms with van der Waals surface area (Å²) < 4.78 is 8.53. The lowest BCUT2D eigenvalue weighted by molar-refractivity contribution is 0.138. The SMILES string of the molecule is COc1nc(CO)cc(C)c1CNC(O)c1cc(Br)cc2c1c(C)cn2C(C)C. The summed E-state index contributed by atoms with van der Waals surface area (Å²) in [5, 5.41) is 24.6. The number of methoxy groups -OCH3 is 1. The summed E-state index contributed by atoms with van der Waals surface area (Å²) in [5.74, 6) is 0.454. The molecule has 1 unspecified atom stereocenters. The molecule has 0 aliphatic rings. The van der Waals surface area contributed by atoms with E-state index in [1.165, 1.54) is 0 Å². The lowest BCUT2D eigenvalue weighted by Crippen LogP contribution is -2.22. The average Bonchev–Trinajstić information content (AvgIpc) is 3.02. The van der Waals surface area contributed by atoms with Gasteiger partial charge in [0.15, 0.2) is 0 Å². The van der Waals surface area contributed by atoms with E-state index in [2.05, 4.69) is 63.8 Å². The summed E-state index contributed by atoms with van der Waals surface area (Å²) in [5.41, 5.74) is 5.39. The van der Waals surface area contributed by atoms with Gasteiger partial charge < -0.3 is 19.5 Å². The van der Waals surface area contributed by atoms with Crippen molar-refractivity contribution in [1.29, 1.82) is 0 Å². The van der Waals surface area contributed by atoms with E-state index in [1.807, 2.05) is 19.1 Å². The second kappa shape index (κ2) is 8.83. The third-order valence-electron chi connectivity index (χ3n) is 5.16. The van der Waals surface area contributed by atoms with Gasteiger partial charge in [0.2, 0.25) is 5.88 Å². The highest BCUT2D eigenvalue weighted by molar-refractivity contribution is 9.10. The summed E-state index contributed by atoms with van der Waals surface area (Å²) in [4.78, 5) is 4.32. The van der Waals surface area contributed by atoms with Crippen LogP contribution in [0, 0.1) is 13.8 Å². The van der Waals surface area contributed by atoms with Crippen molar-refractivity contribution in [3.05, 3.63) is 56.8 Å². The Balaban J connectivity index is 1.95. The van der Waals surface area contributed by atoms with Crippen LogP contribution in [0.5, 0.6) is 5.88 Å². The Bertz CT molecular complexity index is 1030. The number of pyridine rings is 1. The van der Waals surface area contributed by atoms with Crippen LogP contribution >= 0.6 is 15.9 Å². The van der Waals surface area contributed by atoms with Crippen LogP contribution in [-0.2, 0) is 13.2 Å². The van der Waals surface area contributed by atoms with Gasteiger partial charge in [0.25, 0.3) is 0 Å². The maximum absolute atomic E-state index is 11.0. The number of ether oxygens (including phenoxy) is 1. The number of aryl methyl sites for hydroxylation is 2. The molecule has 0 aliphatic carbocycles. The number of halogens is 1. The highest BCUT2D eigenvalue weighted by Crippen LogP contribution is 2.33. The minimum Gasteiger partial charge on any atom is -0.481 e. The summed E-state index contributed by atoms with van der Waals surface area (Å²) >= 11 is 3.58. The molecule has 3 rings (SSSR count). The van der Waals surface area contributed by atoms with E-state index in [9.17, 15) is 10.2 Å². The molecule has 2 heterocycles. The lowest BCUT2D eigenvalue weighted by atomic mass is 10.0. The van der Waals surface area contributed by atoms with Crippen molar-refractivity contribution in [1.82, 2.24) is 14.9 Å². The van der Waals surface area contributed by atoms with Crippen molar-refractivity contribution in [2.45, 2.75) is 53.1 Å². The normalized spacial score (nSPS) is 12.7. The van der Waals surface area contributed by atoms with Gasteiger partial charge in [-0.25, -0.2) is 4.98 Å². The molecular weight excluding hydrogens is 434 g/mol. The maximum atomic E-state index is 11.0. The number of nitrogens with zero attached hydrogens (tertiary/aromatic N) is 2. The Morgan fingerprint density at radius 3 is 2.55 bits per heavy atom. The molecule has 0 saturated heterocycles. The number of fused-ring (bicyclic) bond motifs is 1. The molecule has 0 radical (unpaired) electrons. The number of rotatable bonds is 7. The molecule has 6 nitrogen and oxygen atoms in total. The number of aliphatic hydroxyl groups is 2. The van der Waals surface area contributed by atoms with Crippen LogP contribution in [0.4, 0.5) is 0 Å². The van der Waals surface area contributed by atoms with E-state index in [0.717, 1.165) is 37.6 Å². The predicted octanol–water partition coefficient (Wildman–Crippen LogP) is 4.28. The zero-order valence-electron chi connectivity index (χ0n) is 17.5. The topological polar surface area (TPSA) is 79.5 Å². The van der Waals surface area contributed by atoms with Gasteiger partial charge in [-0.3, -0.25) is 5.32 Å². The quantitative estimate of drug-likeness (QED) is 0.457. The van der Waals surface area contributed by atoms with Crippen molar-refractivity contribution < 1.29 is 14.9 Å². The number of hydrogen-bond donors (Lipinski definition) is 3. The number of hydrogen-bond acceptors (Lipinski definition) is 5. The first-order chi connectivity index (χ1) is 13.8. The van der Waals surface area contributed by atoms with Crippen LogP contribution in [-0.4, -0.2) is 26.9 Å². The van der Waals surface area contributed by atoms with Crippen LogP contribution in [0.2, 0.25) is 0 Å². The molecule has 0 amide bonds. The molecular formula is C22H28BrN3O3. The molecule has 0 bridgehead atoms. The van der Waals surface area contributed by atoms with Gasteiger partial charge in [0.1, 0.15) is 6.23 Å². The first-order valence-electron chi connectivity index (χ1n) is 9.63. The van der Waals surface area contributed by atoms with E-state index in [0.29, 0.717) is 24.2 Å². The molecule has 0 aliphatic heterocycles. The molecule has 0 fully saturated rings. The molecule has 2 aromatic heterocycles. The van der Waals surface area contributed by atoms with Gasteiger partial charge in [0.05, 0.1) is 24.9 Å². The Morgan fingerprint density at radius 2 is 1.93 bits per heavy atom. The van der Waals surface area contributed by atoms with Crippen molar-refractivity contribution in [3.63, 3.8) is 0 Å². The highest BCUT2D eigenvalue weighted by Gasteiger charge is 2.19. The Morgan fingerprint density at radius 1 is 1.21 bits per heavy atom. The molecule has 3 aromatic rings. The molecule has 29 heavy (non-hydrogen) atoms. The van der Waals surface area contributed by atoms with Crippen LogP contribution in [0.1, 0.15) is 54.1 Å². The van der Waals surface area contributed by atoms with Gasteiger partial charge >= 0.3 is 0 Å². The second-order valence-corrected chi connectivity index (χ2v) is 8.48. The van der Waals surface area contributed by atoms with E-state index in [4.69, 9.17) is 4.74 Å². The fraction of sp³-hybridized carbons (Fsp3) is 0.409. The van der Waals surface area contributed by atoms with Crippen molar-refractivity contribution >= 4 is 26.8 Å². The van der Waals surface area contributed by atoms with E-state index < -0.39 is 6.23 Å². The molecule has 7 heteroatoms. The molecule has 0 spiro atoms. The summed E-state index contributed by atoms with van der Waals surface area (Å²) in [6.45, 7) is 8.54. The summed E-state index contributed by atoms with van der Waals surface area (Å²) in [6, 6.07) is 6.19. The van der Waals surface area contributed by atoms with Crippen molar-refractivity contribution in [2.75, 3.05) is 7.11 Å². The summed E-state index contributed by atoms with van der Waals surface area (Å²) in [7, 11) is 1.55. The maximum Gasteiger partial charge on any atom is 0.218 e. The molecule has 156 valence electrons. The highest BCUT2D eigenvalue weighted by atomic mass is 79.9. The van der Waals surface area contributed by atoms with E-state index in [1.54, 1.807) is 7.11 Å². The van der Waals surface area contributed by atoms with Gasteiger partial charge in [0, 0.05) is 39.8 Å². The Hall–Kier alpha value is -1.93. The first kappa shape index (κ1) is 21.8. The third-order valence-corrected chi connectivity index (χ3v) is 5.62. The van der Waals surface area contributed by atoms with Crippen LogP contribution < -0.4 is 10.1 Å². The van der Waals surface area contributed by atoms with Crippen LogP contribution in [0.15, 0.2) is 28.9 Å².